The zero-order valence-electron chi connectivity index (χ0n) is 10.1. The molecule has 0 saturated heterocycles. The van der Waals surface area contributed by atoms with E-state index >= 15 is 0 Å². The van der Waals surface area contributed by atoms with E-state index in [1.165, 1.54) is 6.20 Å². The molecule has 0 aliphatic rings. The lowest BCUT2D eigenvalue weighted by molar-refractivity contribution is 0.937. The van der Waals surface area contributed by atoms with Gasteiger partial charge in [0.2, 0.25) is 0 Å². The molecule has 0 aliphatic carbocycles. The fourth-order valence-electron chi connectivity index (χ4n) is 2.05. The summed E-state index contributed by atoms with van der Waals surface area (Å²) in [4.78, 5) is 4.27. The molecule has 5 heteroatoms. The molecule has 0 aliphatic heterocycles. The minimum Gasteiger partial charge on any atom is -0.236 e. The first kappa shape index (κ1) is 11.7. The maximum absolute atomic E-state index is 9.03. The molecule has 0 unspecified atom stereocenters. The third-order valence-corrected chi connectivity index (χ3v) is 3.20. The van der Waals surface area contributed by atoms with Crippen LogP contribution in [0.4, 0.5) is 0 Å². The summed E-state index contributed by atoms with van der Waals surface area (Å²) in [5.74, 6) is 0. The van der Waals surface area contributed by atoms with Crippen molar-refractivity contribution in [2.24, 2.45) is 0 Å². The Morgan fingerprint density at radius 3 is 2.63 bits per heavy atom. The second kappa shape index (κ2) is 4.38. The van der Waals surface area contributed by atoms with Crippen molar-refractivity contribution >= 4 is 17.2 Å². The smallest absolute Gasteiger partial charge is 0.173 e. The van der Waals surface area contributed by atoms with Crippen LogP contribution in [-0.4, -0.2) is 14.6 Å². The summed E-state index contributed by atoms with van der Waals surface area (Å²) in [5.41, 5.74) is 3.93. The molecule has 92 valence electrons. The van der Waals surface area contributed by atoms with Gasteiger partial charge in [0.15, 0.2) is 5.65 Å². The Bertz CT molecular complexity index is 797. The van der Waals surface area contributed by atoms with Gasteiger partial charge < -0.3 is 0 Å². The topological polar surface area (TPSA) is 54.0 Å². The minimum absolute atomic E-state index is 0.468. The molecule has 19 heavy (non-hydrogen) atoms. The molecule has 0 amide bonds. The van der Waals surface area contributed by atoms with Crippen molar-refractivity contribution in [1.82, 2.24) is 14.6 Å². The number of fused-ring (bicyclic) bond motifs is 1. The van der Waals surface area contributed by atoms with E-state index in [1.807, 2.05) is 31.2 Å². The van der Waals surface area contributed by atoms with Crippen molar-refractivity contribution in [2.45, 2.75) is 6.92 Å². The summed E-state index contributed by atoms with van der Waals surface area (Å²) in [6.45, 7) is 1.96. The van der Waals surface area contributed by atoms with Crippen LogP contribution in [0.25, 0.3) is 16.9 Å². The van der Waals surface area contributed by atoms with Crippen LogP contribution < -0.4 is 0 Å². The van der Waals surface area contributed by atoms with Gasteiger partial charge >= 0.3 is 0 Å². The van der Waals surface area contributed by atoms with Crippen LogP contribution in [0.15, 0.2) is 36.7 Å². The van der Waals surface area contributed by atoms with Gasteiger partial charge in [0, 0.05) is 16.8 Å². The molecule has 1 aromatic carbocycles. The number of halogens is 1. The lowest BCUT2D eigenvalue weighted by Crippen LogP contribution is -1.99. The maximum atomic E-state index is 9.03. The van der Waals surface area contributed by atoms with Gasteiger partial charge in [0.25, 0.3) is 0 Å². The molecule has 0 radical (unpaired) electrons. The van der Waals surface area contributed by atoms with Gasteiger partial charge in [-0.15, -0.1) is 0 Å². The van der Waals surface area contributed by atoms with Gasteiger partial charge in [-0.3, -0.25) is 0 Å². The van der Waals surface area contributed by atoms with Crippen LogP contribution in [0.5, 0.6) is 0 Å². The first-order valence-electron chi connectivity index (χ1n) is 5.70. The first-order chi connectivity index (χ1) is 9.20. The fraction of sp³-hybridized carbons (Fsp3) is 0.0714. The Balaban J connectivity index is 2.34. The highest BCUT2D eigenvalue weighted by Gasteiger charge is 2.12. The third kappa shape index (κ3) is 1.85. The van der Waals surface area contributed by atoms with Crippen molar-refractivity contribution in [2.75, 3.05) is 0 Å². The molecule has 3 rings (SSSR count). The van der Waals surface area contributed by atoms with Crippen LogP contribution in [0, 0.1) is 18.3 Å². The number of benzene rings is 1. The van der Waals surface area contributed by atoms with Gasteiger partial charge in [0.05, 0.1) is 11.9 Å². The molecular weight excluding hydrogens is 260 g/mol. The monoisotopic (exact) mass is 268 g/mol. The predicted molar refractivity (Wildman–Crippen MR) is 72.9 cm³/mol. The Morgan fingerprint density at radius 1 is 1.21 bits per heavy atom. The number of hydrogen-bond donors (Lipinski definition) is 0. The summed E-state index contributed by atoms with van der Waals surface area (Å²) >= 11 is 5.91. The molecule has 0 saturated carbocycles. The average molecular weight is 269 g/mol. The molecular formula is C14H9ClN4. The normalized spacial score (nSPS) is 10.6. The van der Waals surface area contributed by atoms with E-state index < -0.39 is 0 Å². The van der Waals surface area contributed by atoms with E-state index in [9.17, 15) is 0 Å². The number of hydrogen-bond acceptors (Lipinski definition) is 3. The van der Waals surface area contributed by atoms with Crippen LogP contribution in [0.3, 0.4) is 0 Å². The molecule has 0 fully saturated rings. The lowest BCUT2D eigenvalue weighted by atomic mass is 10.1. The Labute approximate surface area is 114 Å². The van der Waals surface area contributed by atoms with E-state index in [2.05, 4.69) is 16.2 Å². The highest BCUT2D eigenvalue weighted by Crippen LogP contribution is 2.25. The second-order valence-corrected chi connectivity index (χ2v) is 4.64. The number of nitrogens with zero attached hydrogens (tertiary/aromatic N) is 4. The highest BCUT2D eigenvalue weighted by molar-refractivity contribution is 6.30. The van der Waals surface area contributed by atoms with Gasteiger partial charge in [0.1, 0.15) is 11.6 Å². The summed E-state index contributed by atoms with van der Waals surface area (Å²) in [7, 11) is 0. The Hall–Kier alpha value is -2.38. The Kier molecular flexibility index (Phi) is 2.69. The predicted octanol–water partition coefficient (Wildman–Crippen LogP) is 3.23. The molecule has 4 nitrogen and oxygen atoms in total. The zero-order valence-corrected chi connectivity index (χ0v) is 10.9. The minimum atomic E-state index is 0.468. The van der Waals surface area contributed by atoms with Crippen molar-refractivity contribution in [1.29, 1.82) is 5.26 Å². The highest BCUT2D eigenvalue weighted by atomic mass is 35.5. The molecule has 0 spiro atoms. The van der Waals surface area contributed by atoms with E-state index in [0.717, 1.165) is 16.8 Å². The summed E-state index contributed by atoms with van der Waals surface area (Å²) < 4.78 is 1.69. The van der Waals surface area contributed by atoms with Crippen molar-refractivity contribution in [3.8, 4) is 17.3 Å². The van der Waals surface area contributed by atoms with Crippen LogP contribution >= 0.6 is 11.6 Å². The van der Waals surface area contributed by atoms with Crippen LogP contribution in [0.1, 0.15) is 11.1 Å². The van der Waals surface area contributed by atoms with Gasteiger partial charge in [-0.25, -0.2) is 9.50 Å². The van der Waals surface area contributed by atoms with Gasteiger partial charge in [-0.05, 0) is 24.6 Å². The summed E-state index contributed by atoms with van der Waals surface area (Å²) in [6.07, 6.45) is 3.28. The van der Waals surface area contributed by atoms with Crippen molar-refractivity contribution < 1.29 is 0 Å². The van der Waals surface area contributed by atoms with E-state index in [0.29, 0.717) is 16.2 Å². The van der Waals surface area contributed by atoms with E-state index in [4.69, 9.17) is 16.9 Å². The molecule has 3 aromatic rings. The zero-order chi connectivity index (χ0) is 13.4. The summed E-state index contributed by atoms with van der Waals surface area (Å²) in [6, 6.07) is 9.61. The average Bonchev–Trinajstić information content (AvgIpc) is 2.83. The number of aryl methyl sites for hydroxylation is 1. The first-order valence-corrected chi connectivity index (χ1v) is 6.08. The molecule has 0 bridgehead atoms. The Morgan fingerprint density at radius 2 is 1.95 bits per heavy atom. The standard InChI is InChI=1S/C14H9ClN4/c1-9-7-17-14-11(6-16)8-18-19(14)13(9)10-2-4-12(15)5-3-10/h2-5,7-8H,1H3. The number of nitriles is 1. The lowest BCUT2D eigenvalue weighted by Gasteiger charge is -2.08. The van der Waals surface area contributed by atoms with E-state index in [-0.39, 0.29) is 0 Å². The van der Waals surface area contributed by atoms with Gasteiger partial charge in [-0.2, -0.15) is 10.4 Å². The summed E-state index contributed by atoms with van der Waals surface area (Å²) in [5, 5.41) is 14.0. The van der Waals surface area contributed by atoms with Crippen LogP contribution in [0.2, 0.25) is 5.02 Å². The molecule has 2 aromatic heterocycles. The largest absolute Gasteiger partial charge is 0.236 e. The maximum Gasteiger partial charge on any atom is 0.173 e. The van der Waals surface area contributed by atoms with E-state index in [1.54, 1.807) is 10.7 Å². The molecule has 2 heterocycles. The number of aromatic nitrogens is 3. The number of rotatable bonds is 1. The third-order valence-electron chi connectivity index (χ3n) is 2.95. The molecule has 0 N–H and O–H groups in total. The van der Waals surface area contributed by atoms with Crippen molar-refractivity contribution in [3.63, 3.8) is 0 Å². The fourth-order valence-corrected chi connectivity index (χ4v) is 2.18. The quantitative estimate of drug-likeness (QED) is 0.681. The van der Waals surface area contributed by atoms with Crippen molar-refractivity contribution in [3.05, 3.63) is 52.8 Å². The molecule has 0 atom stereocenters. The van der Waals surface area contributed by atoms with Crippen LogP contribution in [-0.2, 0) is 0 Å². The SMILES string of the molecule is Cc1cnc2c(C#N)cnn2c1-c1ccc(Cl)cc1. The second-order valence-electron chi connectivity index (χ2n) is 4.20. The van der Waals surface area contributed by atoms with Gasteiger partial charge in [-0.1, -0.05) is 23.7 Å².